The van der Waals surface area contributed by atoms with Crippen LogP contribution in [0.2, 0.25) is 5.04 Å². The summed E-state index contributed by atoms with van der Waals surface area (Å²) < 4.78 is 35.5. The molecule has 2 rings (SSSR count). The second kappa shape index (κ2) is 6.64. The van der Waals surface area contributed by atoms with Crippen LogP contribution < -0.4 is 0 Å². The Hall–Kier alpha value is -2.13. The molecule has 2 aromatic rings. The highest BCUT2D eigenvalue weighted by molar-refractivity contribution is 6.31. The molecule has 0 unspecified atom stereocenters. The topological polar surface area (TPSA) is 70.2 Å². The van der Waals surface area contributed by atoms with E-state index in [-0.39, 0.29) is 5.04 Å². The van der Waals surface area contributed by atoms with E-state index in [0.717, 1.165) is 0 Å². The van der Waals surface area contributed by atoms with E-state index in [9.17, 15) is 18.9 Å². The van der Waals surface area contributed by atoms with E-state index < -0.39 is 43.3 Å². The fraction of sp³-hybridized carbons (Fsp3) is 0.438. The van der Waals surface area contributed by atoms with E-state index in [2.05, 4.69) is 25.8 Å². The molecule has 0 radical (unpaired) electrons. The number of halogens is 2. The van der Waals surface area contributed by atoms with E-state index in [4.69, 9.17) is 4.43 Å². The van der Waals surface area contributed by atoms with Gasteiger partial charge in [0.2, 0.25) is 0 Å². The largest absolute Gasteiger partial charge is 0.413 e. The van der Waals surface area contributed by atoms with Gasteiger partial charge in [-0.2, -0.15) is 0 Å². The van der Waals surface area contributed by atoms with Crippen LogP contribution in [0.25, 0.3) is 5.69 Å². The lowest BCUT2D eigenvalue weighted by molar-refractivity contribution is -0.385. The number of nitrogens with zero attached hydrogens (tertiary/aromatic N) is 3. The Morgan fingerprint density at radius 3 is 2.24 bits per heavy atom. The van der Waals surface area contributed by atoms with Gasteiger partial charge in [-0.05, 0) is 18.9 Å². The molecule has 0 atom stereocenters. The second-order valence-electron chi connectivity index (χ2n) is 7.54. The van der Waals surface area contributed by atoms with Crippen molar-refractivity contribution in [1.82, 2.24) is 9.55 Å². The summed E-state index contributed by atoms with van der Waals surface area (Å²) in [5, 5.41) is 10.8. The lowest BCUT2D eigenvalue weighted by atomic mass is 10.1. The molecule has 6 nitrogen and oxygen atoms in total. The van der Waals surface area contributed by atoms with Crippen molar-refractivity contribution in [3.63, 3.8) is 0 Å². The van der Waals surface area contributed by atoms with Crippen molar-refractivity contribution in [3.05, 3.63) is 52.1 Å². The zero-order chi connectivity index (χ0) is 19.0. The first kappa shape index (κ1) is 19.2. The average molecular weight is 369 g/mol. The van der Waals surface area contributed by atoms with E-state index in [0.29, 0.717) is 17.8 Å². The molecule has 0 saturated heterocycles. The van der Waals surface area contributed by atoms with Gasteiger partial charge in [0.15, 0.2) is 21.4 Å². The monoisotopic (exact) mass is 369 g/mol. The van der Waals surface area contributed by atoms with Gasteiger partial charge in [-0.15, -0.1) is 0 Å². The Kier molecular flexibility index (Phi) is 5.10. The lowest BCUT2D eigenvalue weighted by Gasteiger charge is -2.28. The lowest BCUT2D eigenvalue weighted by Crippen LogP contribution is -2.28. The molecule has 0 saturated carbocycles. The van der Waals surface area contributed by atoms with E-state index >= 15 is 0 Å². The SMILES string of the molecule is CC(C)(C)[SiH2]OC(C)(C)c1cn(-c2c(F)cc([N+](=O)[O-])cc2F)cn1. The van der Waals surface area contributed by atoms with Gasteiger partial charge < -0.3 is 8.99 Å². The molecule has 0 aliphatic heterocycles. The van der Waals surface area contributed by atoms with Crippen LogP contribution in [0.3, 0.4) is 0 Å². The molecule has 1 aromatic heterocycles. The van der Waals surface area contributed by atoms with Gasteiger partial charge in [-0.3, -0.25) is 10.1 Å². The summed E-state index contributed by atoms with van der Waals surface area (Å²) in [5.41, 5.74) is -1.22. The number of nitro groups is 1. The summed E-state index contributed by atoms with van der Waals surface area (Å²) >= 11 is 0. The number of hydrogen-bond acceptors (Lipinski definition) is 4. The summed E-state index contributed by atoms with van der Waals surface area (Å²) in [6.45, 7) is 9.97. The quantitative estimate of drug-likeness (QED) is 0.459. The van der Waals surface area contributed by atoms with Gasteiger partial charge >= 0.3 is 0 Å². The smallest absolute Gasteiger partial charge is 0.275 e. The van der Waals surface area contributed by atoms with Crippen molar-refractivity contribution in [2.75, 3.05) is 0 Å². The van der Waals surface area contributed by atoms with Crippen LogP contribution in [-0.2, 0) is 10.0 Å². The summed E-state index contributed by atoms with van der Waals surface area (Å²) in [5.74, 6) is -2.06. The molecule has 0 aliphatic carbocycles. The number of aromatic nitrogens is 2. The third kappa shape index (κ3) is 4.49. The predicted octanol–water partition coefficient (Wildman–Crippen LogP) is 3.61. The van der Waals surface area contributed by atoms with E-state index in [1.165, 1.54) is 17.1 Å². The fourth-order valence-corrected chi connectivity index (χ4v) is 3.07. The van der Waals surface area contributed by atoms with Crippen molar-refractivity contribution in [1.29, 1.82) is 0 Å². The van der Waals surface area contributed by atoms with Gasteiger partial charge in [0.05, 0.1) is 34.7 Å². The molecular weight excluding hydrogens is 348 g/mol. The molecule has 0 amide bonds. The Morgan fingerprint density at radius 1 is 1.20 bits per heavy atom. The van der Waals surface area contributed by atoms with Gasteiger partial charge in [-0.25, -0.2) is 13.8 Å². The summed E-state index contributed by atoms with van der Waals surface area (Å²) in [4.78, 5) is 14.0. The Morgan fingerprint density at radius 2 is 1.76 bits per heavy atom. The van der Waals surface area contributed by atoms with Crippen molar-refractivity contribution in [3.8, 4) is 5.69 Å². The first-order valence-corrected chi connectivity index (χ1v) is 9.01. The normalized spacial score (nSPS) is 12.9. The summed E-state index contributed by atoms with van der Waals surface area (Å²) in [6.07, 6.45) is 2.75. The third-order valence-electron chi connectivity index (χ3n) is 3.54. The molecule has 1 aromatic carbocycles. The Labute approximate surface area is 146 Å². The Balaban J connectivity index is 2.34. The minimum atomic E-state index is -1.03. The number of rotatable bonds is 5. The highest BCUT2D eigenvalue weighted by atomic mass is 28.2. The zero-order valence-corrected chi connectivity index (χ0v) is 16.3. The molecular formula is C16H21F2N3O3Si. The van der Waals surface area contributed by atoms with Gasteiger partial charge in [0.25, 0.3) is 5.69 Å². The molecule has 0 aliphatic rings. The molecule has 0 bridgehead atoms. The van der Waals surface area contributed by atoms with Crippen LogP contribution in [0.1, 0.15) is 40.3 Å². The fourth-order valence-electron chi connectivity index (χ4n) is 2.13. The second-order valence-corrected chi connectivity index (χ2v) is 10.2. The molecule has 0 N–H and O–H groups in total. The van der Waals surface area contributed by atoms with Crippen molar-refractivity contribution >= 4 is 15.5 Å². The van der Waals surface area contributed by atoms with Crippen LogP contribution in [0.15, 0.2) is 24.7 Å². The third-order valence-corrected chi connectivity index (χ3v) is 5.27. The number of imidazole rings is 1. The summed E-state index contributed by atoms with van der Waals surface area (Å²) in [7, 11) is -0.854. The highest BCUT2D eigenvalue weighted by Crippen LogP contribution is 2.30. The predicted molar refractivity (Wildman–Crippen MR) is 92.5 cm³/mol. The Bertz CT molecular complexity index is 777. The molecule has 0 fully saturated rings. The summed E-state index contributed by atoms with van der Waals surface area (Å²) in [6, 6.07) is 1.37. The molecule has 1 heterocycles. The molecule has 9 heteroatoms. The van der Waals surface area contributed by atoms with Crippen molar-refractivity contribution < 1.29 is 18.1 Å². The van der Waals surface area contributed by atoms with Gasteiger partial charge in [0.1, 0.15) is 5.69 Å². The van der Waals surface area contributed by atoms with E-state index in [1.54, 1.807) is 0 Å². The molecule has 25 heavy (non-hydrogen) atoms. The number of benzene rings is 1. The number of nitro benzene ring substituents is 1. The van der Waals surface area contributed by atoms with Crippen molar-refractivity contribution in [2.45, 2.75) is 45.3 Å². The average Bonchev–Trinajstić information content (AvgIpc) is 2.94. The number of non-ortho nitro benzene ring substituents is 1. The maximum atomic E-state index is 14.1. The van der Waals surface area contributed by atoms with Gasteiger partial charge in [-0.1, -0.05) is 20.8 Å². The first-order chi connectivity index (χ1) is 11.4. The minimum absolute atomic E-state index is 0.0937. The van der Waals surface area contributed by atoms with Crippen molar-refractivity contribution in [2.24, 2.45) is 0 Å². The molecule has 136 valence electrons. The maximum absolute atomic E-state index is 14.1. The minimum Gasteiger partial charge on any atom is -0.413 e. The van der Waals surface area contributed by atoms with Crippen LogP contribution >= 0.6 is 0 Å². The van der Waals surface area contributed by atoms with E-state index in [1.807, 2.05) is 13.8 Å². The highest BCUT2D eigenvalue weighted by Gasteiger charge is 2.28. The number of hydrogen-bond donors (Lipinski definition) is 0. The van der Waals surface area contributed by atoms with Crippen LogP contribution in [0, 0.1) is 21.7 Å². The first-order valence-electron chi connectivity index (χ1n) is 7.73. The van der Waals surface area contributed by atoms with Crippen LogP contribution in [0.5, 0.6) is 0 Å². The van der Waals surface area contributed by atoms with Crippen LogP contribution in [0.4, 0.5) is 14.5 Å². The van der Waals surface area contributed by atoms with Crippen LogP contribution in [-0.4, -0.2) is 24.2 Å². The maximum Gasteiger partial charge on any atom is 0.275 e. The zero-order valence-electron chi connectivity index (χ0n) is 14.8. The van der Waals surface area contributed by atoms with Gasteiger partial charge in [0, 0.05) is 6.20 Å². The standard InChI is InChI=1S/C16H21F2N3O3Si/c1-15(2,3)25-24-16(4,5)13-8-20(9-19-13)14-11(17)6-10(21(22)23)7-12(14)18/h6-9H,25H2,1-5H3. The molecule has 0 spiro atoms.